The normalized spacial score (nSPS) is 13.9. The quantitative estimate of drug-likeness (QED) is 0.0190. The summed E-state index contributed by atoms with van der Waals surface area (Å²) in [7, 11) is -4.70. The molecule has 0 spiro atoms. The lowest BCUT2D eigenvalue weighted by molar-refractivity contribution is -0.177. The molecule has 18 heteroatoms. The molecule has 0 saturated carbocycles. The van der Waals surface area contributed by atoms with Gasteiger partial charge >= 0.3 is 32.0 Å². The van der Waals surface area contributed by atoms with Gasteiger partial charge in [0.1, 0.15) is 19.8 Å². The van der Waals surface area contributed by atoms with E-state index < -0.39 is 76.4 Å². The van der Waals surface area contributed by atoms with Crippen LogP contribution in [0.15, 0.2) is 0 Å². The number of nitrogens with one attached hydrogen (secondary N) is 1. The van der Waals surface area contributed by atoms with Crippen LogP contribution in [-0.4, -0.2) is 91.6 Å². The number of rotatable bonds is 46. The van der Waals surface area contributed by atoms with Crippen LogP contribution in [0, 0.1) is 0 Å². The largest absolute Gasteiger partial charge is 0.534 e. The van der Waals surface area contributed by atoms with Crippen molar-refractivity contribution in [3.05, 3.63) is 0 Å². The number of imide groups is 1. The molecule has 3 amide bonds. The number of unbranched alkanes of at least 4 members (excludes halogenated alkanes) is 28. The highest BCUT2D eigenvalue weighted by atomic mass is 31.2. The van der Waals surface area contributed by atoms with Crippen molar-refractivity contribution >= 4 is 43.8 Å². The molecular formula is C49H89N2O15P. The molecule has 1 aliphatic rings. The molecule has 1 aliphatic heterocycles. The van der Waals surface area contributed by atoms with Crippen LogP contribution in [0.2, 0.25) is 0 Å². The molecule has 390 valence electrons. The number of carbonyl (C=O) groups excluding carboxylic acids is 6. The zero-order valence-electron chi connectivity index (χ0n) is 41.4. The van der Waals surface area contributed by atoms with Gasteiger partial charge in [0, 0.05) is 32.2 Å². The van der Waals surface area contributed by atoms with E-state index in [1.807, 2.05) is 0 Å². The van der Waals surface area contributed by atoms with Crippen LogP contribution >= 0.6 is 7.82 Å². The van der Waals surface area contributed by atoms with E-state index in [0.717, 1.165) is 38.5 Å². The molecule has 0 aromatic rings. The molecular weight excluding hydrogens is 888 g/mol. The van der Waals surface area contributed by atoms with E-state index >= 15 is 0 Å². The van der Waals surface area contributed by atoms with Crippen molar-refractivity contribution in [1.82, 2.24) is 10.4 Å². The Balaban J connectivity index is 2.37. The van der Waals surface area contributed by atoms with E-state index in [2.05, 4.69) is 28.7 Å². The fourth-order valence-corrected chi connectivity index (χ4v) is 8.25. The number of phosphoric ester groups is 1. The first-order valence-corrected chi connectivity index (χ1v) is 27.5. The third-order valence-corrected chi connectivity index (χ3v) is 12.4. The van der Waals surface area contributed by atoms with Gasteiger partial charge in [0.25, 0.3) is 11.8 Å². The minimum Gasteiger partial charge on any atom is -0.462 e. The summed E-state index contributed by atoms with van der Waals surface area (Å²) in [6.45, 7) is 1.95. The Morgan fingerprint density at radius 3 is 1.39 bits per heavy atom. The van der Waals surface area contributed by atoms with Gasteiger partial charge in [-0.05, 0) is 12.8 Å². The van der Waals surface area contributed by atoms with Gasteiger partial charge < -0.3 is 29.2 Å². The third kappa shape index (κ3) is 38.3. The molecule has 1 rings (SSSR count). The number of hydroxylamine groups is 2. The predicted molar refractivity (Wildman–Crippen MR) is 255 cm³/mol. The number of esters is 2. The molecule has 0 aliphatic carbocycles. The maximum Gasteiger partial charge on any atom is 0.534 e. The molecule has 17 nitrogen and oxygen atoms in total. The van der Waals surface area contributed by atoms with Crippen LogP contribution in [0.25, 0.3) is 0 Å². The van der Waals surface area contributed by atoms with E-state index in [4.69, 9.17) is 23.3 Å². The monoisotopic (exact) mass is 977 g/mol. The molecule has 1 fully saturated rings. The molecule has 2 atom stereocenters. The highest BCUT2D eigenvalue weighted by molar-refractivity contribution is 7.47. The molecule has 1 unspecified atom stereocenters. The smallest absolute Gasteiger partial charge is 0.462 e. The summed E-state index contributed by atoms with van der Waals surface area (Å²) >= 11 is 0. The Kier molecular flexibility index (Phi) is 39.4. The van der Waals surface area contributed by atoms with Crippen molar-refractivity contribution in [1.29, 1.82) is 0 Å². The van der Waals surface area contributed by atoms with Crippen LogP contribution in [0.1, 0.15) is 232 Å². The van der Waals surface area contributed by atoms with Gasteiger partial charge in [-0.3, -0.25) is 33.1 Å². The number of hydrogen-bond donors (Lipinski definition) is 2. The average Bonchev–Trinajstić information content (AvgIpc) is 3.62. The number of phosphoric acid groups is 1. The summed E-state index contributed by atoms with van der Waals surface area (Å²) < 4.78 is 43.1. The lowest BCUT2D eigenvalue weighted by atomic mass is 10.0. The zero-order chi connectivity index (χ0) is 49.1. The Labute approximate surface area is 402 Å². The minimum atomic E-state index is -4.70. The van der Waals surface area contributed by atoms with Crippen molar-refractivity contribution in [2.45, 2.75) is 238 Å². The fraction of sp³-hybridized carbons (Fsp3) is 0.878. The number of carbonyl (C=O) groups is 6. The molecule has 0 radical (unpaired) electrons. The van der Waals surface area contributed by atoms with E-state index in [1.54, 1.807) is 0 Å². The summed E-state index contributed by atoms with van der Waals surface area (Å²) in [6.07, 6.45) is 32.8. The van der Waals surface area contributed by atoms with Gasteiger partial charge in [-0.1, -0.05) is 199 Å². The summed E-state index contributed by atoms with van der Waals surface area (Å²) in [4.78, 5) is 86.8. The Morgan fingerprint density at radius 1 is 0.537 bits per heavy atom. The minimum absolute atomic E-state index is 0.0800. The molecule has 1 heterocycles. The lowest BCUT2D eigenvalue weighted by Crippen LogP contribution is -2.33. The second kappa shape index (κ2) is 42.8. The Morgan fingerprint density at radius 2 is 0.940 bits per heavy atom. The highest BCUT2D eigenvalue weighted by Crippen LogP contribution is 2.43. The maximum atomic E-state index is 12.8. The van der Waals surface area contributed by atoms with Crippen LogP contribution in [0.5, 0.6) is 0 Å². The van der Waals surface area contributed by atoms with Gasteiger partial charge in [-0.15, -0.1) is 0 Å². The van der Waals surface area contributed by atoms with E-state index in [0.29, 0.717) is 17.9 Å². The SMILES string of the molecule is CCCCCCCCCCCCCCCCCC(=O)OC[C@H](COP(=O)(O)OCCNC(=O)OCCOC(=O)ON1C(=O)CCC1=O)OC(=O)CCCCCCCCCCCCCCCCC. The first-order valence-electron chi connectivity index (χ1n) is 26.1. The third-order valence-electron chi connectivity index (χ3n) is 11.5. The van der Waals surface area contributed by atoms with Crippen molar-refractivity contribution in [2.24, 2.45) is 0 Å². The number of ether oxygens (including phenoxy) is 4. The van der Waals surface area contributed by atoms with Gasteiger partial charge in [-0.25, -0.2) is 14.2 Å². The van der Waals surface area contributed by atoms with Gasteiger partial charge in [0.2, 0.25) is 0 Å². The van der Waals surface area contributed by atoms with E-state index in [9.17, 15) is 38.2 Å². The van der Waals surface area contributed by atoms with Crippen LogP contribution in [-0.2, 0) is 56.6 Å². The average molecular weight is 977 g/mol. The van der Waals surface area contributed by atoms with Gasteiger partial charge in [0.15, 0.2) is 6.10 Å². The van der Waals surface area contributed by atoms with Gasteiger partial charge in [0.05, 0.1) is 13.2 Å². The number of hydrogen-bond acceptors (Lipinski definition) is 14. The predicted octanol–water partition coefficient (Wildman–Crippen LogP) is 12.0. The standard InChI is InChI=1S/C49H89N2O15P/c1-3-5-7-9-11-13-15-17-19-21-23-25-27-29-31-33-46(54)62-41-43(65-47(55)34-32-30-28-26-24-22-20-18-16-14-12-10-8-6-4-2)42-64-67(58,59)63-38-37-50-48(56)60-39-40-61-49(57)66-51-44(52)35-36-45(51)53/h43H,3-42H2,1-2H3,(H,50,56)(H,58,59)/t43-/m1/s1. The van der Waals surface area contributed by atoms with E-state index in [1.165, 1.54) is 141 Å². The lowest BCUT2D eigenvalue weighted by Gasteiger charge is -2.20. The summed E-state index contributed by atoms with van der Waals surface area (Å²) in [5, 5.41) is 2.58. The first kappa shape index (κ1) is 61.7. The summed E-state index contributed by atoms with van der Waals surface area (Å²) in [6, 6.07) is 0. The van der Waals surface area contributed by atoms with Crippen molar-refractivity contribution in [3.63, 3.8) is 0 Å². The number of amides is 3. The second-order valence-corrected chi connectivity index (χ2v) is 19.1. The second-order valence-electron chi connectivity index (χ2n) is 17.6. The van der Waals surface area contributed by atoms with E-state index in [-0.39, 0.29) is 38.8 Å². The Hall–Kier alpha value is -3.27. The topological polar surface area (TPSA) is 220 Å². The molecule has 1 saturated heterocycles. The number of alkyl carbamates (subject to hydrolysis) is 1. The van der Waals surface area contributed by atoms with Crippen LogP contribution < -0.4 is 5.32 Å². The van der Waals surface area contributed by atoms with Crippen molar-refractivity contribution in [2.75, 3.05) is 39.6 Å². The summed E-state index contributed by atoms with van der Waals surface area (Å²) in [5.74, 6) is -2.34. The molecule has 0 aromatic carbocycles. The molecule has 0 aromatic heterocycles. The maximum absolute atomic E-state index is 12.8. The fourth-order valence-electron chi connectivity index (χ4n) is 7.50. The van der Waals surface area contributed by atoms with Crippen LogP contribution in [0.3, 0.4) is 0 Å². The van der Waals surface area contributed by atoms with Crippen molar-refractivity contribution in [3.8, 4) is 0 Å². The van der Waals surface area contributed by atoms with Crippen LogP contribution in [0.4, 0.5) is 9.59 Å². The van der Waals surface area contributed by atoms with Gasteiger partial charge in [-0.2, -0.15) is 0 Å². The summed E-state index contributed by atoms with van der Waals surface area (Å²) in [5.41, 5.74) is 0. The van der Waals surface area contributed by atoms with Crippen molar-refractivity contribution < 1.29 is 71.1 Å². The molecule has 2 N–H and O–H groups in total. The number of nitrogens with zero attached hydrogens (tertiary/aromatic N) is 1. The first-order chi connectivity index (χ1) is 32.5. The molecule has 0 bridgehead atoms. The molecule has 67 heavy (non-hydrogen) atoms. The highest BCUT2D eigenvalue weighted by Gasteiger charge is 2.33. The zero-order valence-corrected chi connectivity index (χ0v) is 42.3. The Bertz CT molecular complexity index is 1350.